The van der Waals surface area contributed by atoms with Crippen LogP contribution in [0.25, 0.3) is 0 Å². The molecular weight excluding hydrogens is 256 g/mol. The molecule has 0 aliphatic carbocycles. The Morgan fingerprint density at radius 3 is 2.70 bits per heavy atom. The fraction of sp³-hybridized carbons (Fsp3) is 0.643. The number of aromatic nitrogens is 1. The number of hydrogen-bond acceptors (Lipinski definition) is 5. The zero-order valence-electron chi connectivity index (χ0n) is 12.5. The third kappa shape index (κ3) is 2.69. The molecule has 110 valence electrons. The smallest absolute Gasteiger partial charge is 0.311 e. The van der Waals surface area contributed by atoms with Crippen molar-refractivity contribution >= 4 is 17.3 Å². The molecule has 2 heterocycles. The predicted molar refractivity (Wildman–Crippen MR) is 80.2 cm³/mol. The van der Waals surface area contributed by atoms with Gasteiger partial charge in [0.25, 0.3) is 0 Å². The molecular formula is C14H22N4O2. The normalized spacial score (nSPS) is 26.4. The summed E-state index contributed by atoms with van der Waals surface area (Å²) in [6, 6.07) is 3.43. The van der Waals surface area contributed by atoms with Crippen LogP contribution in [0, 0.1) is 22.0 Å². The van der Waals surface area contributed by atoms with Crippen LogP contribution >= 0.6 is 0 Å². The van der Waals surface area contributed by atoms with Gasteiger partial charge in [0.15, 0.2) is 0 Å². The molecule has 0 amide bonds. The Bertz CT molecular complexity index is 506. The van der Waals surface area contributed by atoms with Crippen LogP contribution in [0.3, 0.4) is 0 Å². The summed E-state index contributed by atoms with van der Waals surface area (Å²) in [6.45, 7) is 7.31. The van der Waals surface area contributed by atoms with E-state index in [-0.39, 0.29) is 16.7 Å². The molecule has 6 nitrogen and oxygen atoms in total. The molecule has 0 saturated carbocycles. The minimum Gasteiger partial charge on any atom is -0.373 e. The SMILES string of the molecule is CNc1ccc([N+](=O)[O-])c(N2CC(C)CC(C)C2C)n1. The second kappa shape index (κ2) is 5.64. The average molecular weight is 278 g/mol. The molecule has 0 aromatic carbocycles. The Morgan fingerprint density at radius 1 is 1.40 bits per heavy atom. The molecule has 1 fully saturated rings. The molecule has 3 unspecified atom stereocenters. The van der Waals surface area contributed by atoms with Crippen molar-refractivity contribution in [1.82, 2.24) is 4.98 Å². The maximum absolute atomic E-state index is 11.3. The number of nitrogens with zero attached hydrogens (tertiary/aromatic N) is 3. The third-order valence-electron chi connectivity index (χ3n) is 4.18. The van der Waals surface area contributed by atoms with Crippen molar-refractivity contribution < 1.29 is 4.92 Å². The van der Waals surface area contributed by atoms with Crippen LogP contribution in [0.15, 0.2) is 12.1 Å². The van der Waals surface area contributed by atoms with Gasteiger partial charge in [-0.3, -0.25) is 10.1 Å². The van der Waals surface area contributed by atoms with Crippen LogP contribution in [0.1, 0.15) is 27.2 Å². The topological polar surface area (TPSA) is 71.3 Å². The first-order valence-corrected chi connectivity index (χ1v) is 7.03. The lowest BCUT2D eigenvalue weighted by Crippen LogP contribution is -2.46. The molecule has 0 bridgehead atoms. The first-order valence-electron chi connectivity index (χ1n) is 7.03. The third-order valence-corrected chi connectivity index (χ3v) is 4.18. The first-order chi connectivity index (χ1) is 9.43. The zero-order valence-corrected chi connectivity index (χ0v) is 12.5. The Labute approximate surface area is 119 Å². The highest BCUT2D eigenvalue weighted by Crippen LogP contribution is 2.35. The van der Waals surface area contributed by atoms with Crippen molar-refractivity contribution in [2.45, 2.75) is 33.2 Å². The zero-order chi connectivity index (χ0) is 14.9. The Kier molecular flexibility index (Phi) is 4.11. The van der Waals surface area contributed by atoms with E-state index in [2.05, 4.69) is 36.0 Å². The van der Waals surface area contributed by atoms with E-state index in [0.29, 0.717) is 23.5 Å². The molecule has 1 aromatic heterocycles. The van der Waals surface area contributed by atoms with Gasteiger partial charge >= 0.3 is 5.69 Å². The second-order valence-corrected chi connectivity index (χ2v) is 5.76. The van der Waals surface area contributed by atoms with Gasteiger partial charge in [-0.2, -0.15) is 0 Å². The van der Waals surface area contributed by atoms with Gasteiger partial charge in [-0.05, 0) is 31.2 Å². The number of anilines is 2. The fourth-order valence-electron chi connectivity index (χ4n) is 2.93. The van der Waals surface area contributed by atoms with Gasteiger partial charge in [-0.15, -0.1) is 0 Å². The van der Waals surface area contributed by atoms with Crippen LogP contribution in [-0.4, -0.2) is 29.5 Å². The van der Waals surface area contributed by atoms with E-state index in [0.717, 1.165) is 13.0 Å². The summed E-state index contributed by atoms with van der Waals surface area (Å²) in [5.74, 6) is 2.15. The minimum absolute atomic E-state index is 0.0807. The Hall–Kier alpha value is -1.85. The molecule has 1 aliphatic heterocycles. The molecule has 1 saturated heterocycles. The molecule has 1 N–H and O–H groups in total. The molecule has 0 spiro atoms. The van der Waals surface area contributed by atoms with E-state index in [4.69, 9.17) is 0 Å². The molecule has 2 rings (SSSR count). The van der Waals surface area contributed by atoms with Crippen LogP contribution in [0.4, 0.5) is 17.3 Å². The van der Waals surface area contributed by atoms with Gasteiger partial charge < -0.3 is 10.2 Å². The molecule has 20 heavy (non-hydrogen) atoms. The summed E-state index contributed by atoms with van der Waals surface area (Å²) in [7, 11) is 1.77. The summed E-state index contributed by atoms with van der Waals surface area (Å²) in [6.07, 6.45) is 1.15. The van der Waals surface area contributed by atoms with Gasteiger partial charge in [-0.1, -0.05) is 13.8 Å². The molecule has 6 heteroatoms. The van der Waals surface area contributed by atoms with Crippen molar-refractivity contribution in [3.05, 3.63) is 22.2 Å². The van der Waals surface area contributed by atoms with Crippen molar-refractivity contribution in [3.63, 3.8) is 0 Å². The highest BCUT2D eigenvalue weighted by molar-refractivity contribution is 5.62. The van der Waals surface area contributed by atoms with Crippen LogP contribution in [-0.2, 0) is 0 Å². The van der Waals surface area contributed by atoms with E-state index in [9.17, 15) is 10.1 Å². The number of hydrogen-bond donors (Lipinski definition) is 1. The monoisotopic (exact) mass is 278 g/mol. The van der Waals surface area contributed by atoms with Gasteiger partial charge in [0, 0.05) is 25.7 Å². The summed E-state index contributed by atoms with van der Waals surface area (Å²) in [5, 5.41) is 14.2. The van der Waals surface area contributed by atoms with Gasteiger partial charge in [0.1, 0.15) is 5.82 Å². The van der Waals surface area contributed by atoms with Crippen LogP contribution < -0.4 is 10.2 Å². The lowest BCUT2D eigenvalue weighted by Gasteiger charge is -2.41. The lowest BCUT2D eigenvalue weighted by molar-refractivity contribution is -0.384. The Balaban J connectivity index is 2.45. The number of rotatable bonds is 3. The second-order valence-electron chi connectivity index (χ2n) is 5.76. The molecule has 1 aromatic rings. The molecule has 1 aliphatic rings. The number of nitro groups is 1. The van der Waals surface area contributed by atoms with E-state index >= 15 is 0 Å². The maximum atomic E-state index is 11.3. The van der Waals surface area contributed by atoms with Crippen LogP contribution in [0.2, 0.25) is 0 Å². The quantitative estimate of drug-likeness (QED) is 0.680. The van der Waals surface area contributed by atoms with Crippen molar-refractivity contribution in [3.8, 4) is 0 Å². The minimum atomic E-state index is -0.349. The summed E-state index contributed by atoms with van der Waals surface area (Å²) >= 11 is 0. The summed E-state index contributed by atoms with van der Waals surface area (Å²) in [4.78, 5) is 17.4. The maximum Gasteiger partial charge on any atom is 0.311 e. The number of nitrogens with one attached hydrogen (secondary N) is 1. The largest absolute Gasteiger partial charge is 0.373 e. The Morgan fingerprint density at radius 2 is 2.10 bits per heavy atom. The number of pyridine rings is 1. The van der Waals surface area contributed by atoms with E-state index in [1.165, 1.54) is 6.07 Å². The van der Waals surface area contributed by atoms with Crippen molar-refractivity contribution in [1.29, 1.82) is 0 Å². The van der Waals surface area contributed by atoms with Crippen molar-refractivity contribution in [2.24, 2.45) is 11.8 Å². The average Bonchev–Trinajstić information content (AvgIpc) is 2.42. The van der Waals surface area contributed by atoms with E-state index < -0.39 is 0 Å². The number of piperidine rings is 1. The molecule has 0 radical (unpaired) electrons. The van der Waals surface area contributed by atoms with Gasteiger partial charge in [-0.25, -0.2) is 4.98 Å². The highest BCUT2D eigenvalue weighted by atomic mass is 16.6. The first kappa shape index (κ1) is 14.6. The summed E-state index contributed by atoms with van der Waals surface area (Å²) in [5.41, 5.74) is 0.0807. The standard InChI is InChI=1S/C14H22N4O2/c1-9-7-10(2)11(3)17(8-9)14-12(18(19)20)5-6-13(15-4)16-14/h5-6,9-11H,7-8H2,1-4H3,(H,15,16). The van der Waals surface area contributed by atoms with Crippen molar-refractivity contribution in [2.75, 3.05) is 23.8 Å². The highest BCUT2D eigenvalue weighted by Gasteiger charge is 2.33. The van der Waals surface area contributed by atoms with Gasteiger partial charge in [0.2, 0.25) is 5.82 Å². The lowest BCUT2D eigenvalue weighted by atomic mass is 9.86. The fourth-order valence-corrected chi connectivity index (χ4v) is 2.93. The van der Waals surface area contributed by atoms with Crippen LogP contribution in [0.5, 0.6) is 0 Å². The van der Waals surface area contributed by atoms with E-state index in [1.54, 1.807) is 13.1 Å². The molecule has 3 atom stereocenters. The van der Waals surface area contributed by atoms with E-state index in [1.807, 2.05) is 0 Å². The van der Waals surface area contributed by atoms with Gasteiger partial charge in [0.05, 0.1) is 4.92 Å². The summed E-state index contributed by atoms with van der Waals surface area (Å²) < 4.78 is 0. The predicted octanol–water partition coefficient (Wildman–Crippen LogP) is 2.90.